The fourth-order valence-electron chi connectivity index (χ4n) is 6.48. The normalized spacial score (nSPS) is 51.7. The highest BCUT2D eigenvalue weighted by Gasteiger charge is 2.65. The van der Waals surface area contributed by atoms with Crippen LogP contribution in [0, 0.1) is 22.7 Å². The maximum absolute atomic E-state index is 11.8. The van der Waals surface area contributed by atoms with E-state index in [0.717, 1.165) is 36.5 Å². The van der Waals surface area contributed by atoms with Crippen molar-refractivity contribution >= 4 is 17.5 Å². The average Bonchev–Trinajstić information content (AvgIpc) is 2.86. The molecular weight excluding hydrogens is 304 g/mol. The highest BCUT2D eigenvalue weighted by molar-refractivity contribution is 7.99. The summed E-state index contributed by atoms with van der Waals surface area (Å²) in [4.78, 5) is 11.8. The molecule has 3 fully saturated rings. The maximum atomic E-state index is 11.8. The highest BCUT2D eigenvalue weighted by Crippen LogP contribution is 2.67. The van der Waals surface area contributed by atoms with Crippen molar-refractivity contribution < 1.29 is 9.90 Å². The van der Waals surface area contributed by atoms with Crippen molar-refractivity contribution in [1.29, 1.82) is 0 Å². The first kappa shape index (κ1) is 16.0. The minimum absolute atomic E-state index is 0.0866. The van der Waals surface area contributed by atoms with Crippen molar-refractivity contribution in [3.63, 3.8) is 0 Å². The number of fused-ring (bicyclic) bond motifs is 5. The zero-order valence-corrected chi connectivity index (χ0v) is 15.3. The van der Waals surface area contributed by atoms with E-state index in [1.165, 1.54) is 12.8 Å². The van der Waals surface area contributed by atoms with Crippen molar-refractivity contribution in [2.24, 2.45) is 22.7 Å². The van der Waals surface area contributed by atoms with Gasteiger partial charge in [-0.3, -0.25) is 4.79 Å². The molecule has 0 aromatic heterocycles. The van der Waals surface area contributed by atoms with Gasteiger partial charge in [0.1, 0.15) is 0 Å². The summed E-state index contributed by atoms with van der Waals surface area (Å²) in [5, 5.41) is 12.6. The molecule has 0 heterocycles. The van der Waals surface area contributed by atoms with Crippen molar-refractivity contribution in [1.82, 2.24) is 0 Å². The Kier molecular flexibility index (Phi) is 3.46. The third-order valence-corrected chi connectivity index (χ3v) is 9.28. The predicted octanol–water partition coefficient (Wildman–Crippen LogP) is 4.14. The largest absolute Gasteiger partial charge is 0.388 e. The molecule has 1 unspecified atom stereocenters. The van der Waals surface area contributed by atoms with Crippen LogP contribution in [-0.2, 0) is 4.79 Å². The summed E-state index contributed by atoms with van der Waals surface area (Å²) in [6, 6.07) is 0. The van der Waals surface area contributed by atoms with Crippen LogP contribution in [0.1, 0.15) is 52.4 Å². The van der Waals surface area contributed by atoms with E-state index in [9.17, 15) is 9.90 Å². The molecule has 23 heavy (non-hydrogen) atoms. The molecule has 0 spiro atoms. The Bertz CT molecular complexity index is 609. The van der Waals surface area contributed by atoms with Crippen LogP contribution in [-0.4, -0.2) is 28.0 Å². The first-order valence-electron chi connectivity index (χ1n) is 9.04. The lowest BCUT2D eigenvalue weighted by Gasteiger charge is -2.61. The van der Waals surface area contributed by atoms with Gasteiger partial charge in [0.05, 0.1) is 5.60 Å². The molecule has 0 aliphatic heterocycles. The van der Waals surface area contributed by atoms with Gasteiger partial charge in [0.15, 0.2) is 5.78 Å². The number of carbonyl (C=O) groups is 1. The van der Waals surface area contributed by atoms with Crippen LogP contribution in [0.3, 0.4) is 0 Å². The van der Waals surface area contributed by atoms with E-state index < -0.39 is 5.60 Å². The summed E-state index contributed by atoms with van der Waals surface area (Å²) < 4.78 is 0. The van der Waals surface area contributed by atoms with Gasteiger partial charge in [0.25, 0.3) is 0 Å². The Balaban J connectivity index is 1.75. The first-order valence-corrected chi connectivity index (χ1v) is 10.3. The fraction of sp³-hybridized carbons (Fsp3) is 0.750. The van der Waals surface area contributed by atoms with E-state index in [0.29, 0.717) is 17.3 Å². The van der Waals surface area contributed by atoms with Gasteiger partial charge in [-0.05, 0) is 81.1 Å². The monoisotopic (exact) mass is 332 g/mol. The lowest BCUT2D eigenvalue weighted by molar-refractivity contribution is -0.169. The Morgan fingerprint density at radius 1 is 1.17 bits per heavy atom. The molecule has 126 valence electrons. The molecule has 0 bridgehead atoms. The third-order valence-electron chi connectivity index (χ3n) is 7.94. The quantitative estimate of drug-likeness (QED) is 0.784. The number of thioether (sulfide) groups is 1. The minimum Gasteiger partial charge on any atom is -0.388 e. The zero-order valence-electron chi connectivity index (χ0n) is 14.5. The number of allylic oxidation sites excluding steroid dienone is 2. The summed E-state index contributed by atoms with van der Waals surface area (Å²) in [6.07, 6.45) is 14.3. The van der Waals surface area contributed by atoms with E-state index in [2.05, 4.69) is 20.1 Å². The van der Waals surface area contributed by atoms with E-state index in [1.54, 1.807) is 12.2 Å². The van der Waals surface area contributed by atoms with E-state index >= 15 is 0 Å². The molecule has 3 heteroatoms. The van der Waals surface area contributed by atoms with Crippen LogP contribution in [0.25, 0.3) is 0 Å². The fourth-order valence-corrected chi connectivity index (χ4v) is 7.68. The second-order valence-electron chi connectivity index (χ2n) is 8.59. The van der Waals surface area contributed by atoms with Gasteiger partial charge >= 0.3 is 0 Å². The van der Waals surface area contributed by atoms with Crippen molar-refractivity contribution in [2.75, 3.05) is 6.26 Å². The van der Waals surface area contributed by atoms with Crippen LogP contribution in [0.15, 0.2) is 23.8 Å². The molecule has 4 rings (SSSR count). The molecule has 1 N–H and O–H groups in total. The molecule has 4 aliphatic rings. The second kappa shape index (κ2) is 4.98. The number of hydrogen-bond donors (Lipinski definition) is 1. The van der Waals surface area contributed by atoms with Gasteiger partial charge in [-0.2, -0.15) is 11.8 Å². The standard InChI is InChI=1S/C20H28O2S/c1-18-10-11-20(22)16(15(18)6-7-17(18)23-3)5-4-13-12-14(21)8-9-19(13,20)2/h8-9,12,15-17,22H,4-7,10-11H2,1-3H3/t15-,16-,17?,18-,19-,20+/m0/s1. The van der Waals surface area contributed by atoms with Crippen LogP contribution in [0.2, 0.25) is 0 Å². The van der Waals surface area contributed by atoms with Crippen molar-refractivity contribution in [3.05, 3.63) is 23.8 Å². The van der Waals surface area contributed by atoms with Crippen LogP contribution >= 0.6 is 11.8 Å². The maximum Gasteiger partial charge on any atom is 0.178 e. The zero-order chi connectivity index (χ0) is 16.5. The van der Waals surface area contributed by atoms with Crippen LogP contribution in [0.4, 0.5) is 0 Å². The SMILES string of the molecule is CSC1CC[C@H]2[C@@H]3CCC4=CC(=O)C=C[C@]4(C)[C@@]3(O)CC[C@]12C. The smallest absolute Gasteiger partial charge is 0.178 e. The molecule has 4 aliphatic carbocycles. The number of rotatable bonds is 1. The van der Waals surface area contributed by atoms with Gasteiger partial charge < -0.3 is 5.11 Å². The molecule has 2 nitrogen and oxygen atoms in total. The molecular formula is C20H28O2S. The summed E-state index contributed by atoms with van der Waals surface area (Å²) in [5.74, 6) is 1.09. The molecule has 0 saturated heterocycles. The Labute approximate surface area is 143 Å². The number of ketones is 1. The van der Waals surface area contributed by atoms with E-state index in [4.69, 9.17) is 0 Å². The molecule has 0 aromatic rings. The number of hydrogen-bond acceptors (Lipinski definition) is 3. The highest BCUT2D eigenvalue weighted by atomic mass is 32.2. The topological polar surface area (TPSA) is 37.3 Å². The van der Waals surface area contributed by atoms with Gasteiger partial charge in [-0.1, -0.05) is 18.6 Å². The van der Waals surface area contributed by atoms with E-state index in [-0.39, 0.29) is 11.2 Å². The molecule has 0 amide bonds. The lowest BCUT2D eigenvalue weighted by atomic mass is 9.46. The third kappa shape index (κ3) is 1.90. The summed E-state index contributed by atoms with van der Waals surface area (Å²) in [6.45, 7) is 4.64. The molecule has 0 radical (unpaired) electrons. The summed E-state index contributed by atoms with van der Waals surface area (Å²) >= 11 is 2.03. The van der Waals surface area contributed by atoms with Gasteiger partial charge in [0.2, 0.25) is 0 Å². The molecule has 0 aromatic carbocycles. The summed E-state index contributed by atoms with van der Waals surface area (Å²) in [5.41, 5.74) is 0.517. The Morgan fingerprint density at radius 3 is 2.70 bits per heavy atom. The van der Waals surface area contributed by atoms with Crippen molar-refractivity contribution in [3.8, 4) is 0 Å². The summed E-state index contributed by atoms with van der Waals surface area (Å²) in [7, 11) is 0. The van der Waals surface area contributed by atoms with Gasteiger partial charge in [-0.25, -0.2) is 0 Å². The Morgan fingerprint density at radius 2 is 1.96 bits per heavy atom. The average molecular weight is 333 g/mol. The van der Waals surface area contributed by atoms with Crippen LogP contribution in [0.5, 0.6) is 0 Å². The predicted molar refractivity (Wildman–Crippen MR) is 95.4 cm³/mol. The number of aliphatic hydroxyl groups is 1. The second-order valence-corrected chi connectivity index (χ2v) is 9.63. The van der Waals surface area contributed by atoms with Crippen molar-refractivity contribution in [2.45, 2.75) is 63.2 Å². The van der Waals surface area contributed by atoms with E-state index in [1.807, 2.05) is 17.8 Å². The number of carbonyl (C=O) groups excluding carboxylic acids is 1. The molecule has 3 saturated carbocycles. The van der Waals surface area contributed by atoms with Gasteiger partial charge in [-0.15, -0.1) is 0 Å². The molecule has 6 atom stereocenters. The van der Waals surface area contributed by atoms with Gasteiger partial charge in [0, 0.05) is 10.7 Å². The minimum atomic E-state index is -0.675. The lowest BCUT2D eigenvalue weighted by Crippen LogP contribution is -2.62. The Hall–Kier alpha value is -0.540. The first-order chi connectivity index (χ1) is 10.8. The van der Waals surface area contributed by atoms with Crippen LogP contribution < -0.4 is 0 Å².